The SMILES string of the molecule is CCCCN1C(=O)S/C(=C\c2cc(Br)c(OCc3cccc(F)c3)c(OC)c2)C1=O. The minimum atomic E-state index is -0.328. The van der Waals surface area contributed by atoms with Crippen LogP contribution in [0, 0.1) is 5.82 Å². The number of benzene rings is 2. The molecule has 8 heteroatoms. The van der Waals surface area contributed by atoms with E-state index in [0.29, 0.717) is 38.5 Å². The molecule has 5 nitrogen and oxygen atoms in total. The van der Waals surface area contributed by atoms with Crippen molar-refractivity contribution < 1.29 is 23.5 Å². The molecule has 1 heterocycles. The standard InChI is InChI=1S/C22H21BrFNO4S/c1-3-4-8-25-21(26)19(30-22(25)27)12-15-10-17(23)20(18(11-15)28-2)29-13-14-6-5-7-16(24)9-14/h5-7,9-12H,3-4,8,13H2,1-2H3/b19-12-. The lowest BCUT2D eigenvalue weighted by molar-refractivity contribution is -0.122. The Balaban J connectivity index is 1.81. The van der Waals surface area contributed by atoms with Gasteiger partial charge < -0.3 is 9.47 Å². The van der Waals surface area contributed by atoms with Crippen LogP contribution in [0.15, 0.2) is 45.8 Å². The summed E-state index contributed by atoms with van der Waals surface area (Å²) in [6.45, 7) is 2.61. The van der Waals surface area contributed by atoms with Crippen LogP contribution in [0.1, 0.15) is 30.9 Å². The van der Waals surface area contributed by atoms with Crippen molar-refractivity contribution in [3.05, 3.63) is 62.7 Å². The molecule has 0 atom stereocenters. The number of nitrogens with zero attached hydrogens (tertiary/aromatic N) is 1. The van der Waals surface area contributed by atoms with Crippen LogP contribution in [0.5, 0.6) is 11.5 Å². The average molecular weight is 494 g/mol. The lowest BCUT2D eigenvalue weighted by Gasteiger charge is -2.14. The minimum Gasteiger partial charge on any atom is -0.493 e. The van der Waals surface area contributed by atoms with Crippen LogP contribution in [-0.4, -0.2) is 29.7 Å². The molecule has 0 bridgehead atoms. The van der Waals surface area contributed by atoms with E-state index < -0.39 is 0 Å². The Morgan fingerprint density at radius 3 is 2.73 bits per heavy atom. The van der Waals surface area contributed by atoms with Crippen LogP contribution in [0.4, 0.5) is 9.18 Å². The van der Waals surface area contributed by atoms with Gasteiger partial charge in [-0.1, -0.05) is 25.5 Å². The third-order valence-electron chi connectivity index (χ3n) is 4.43. The van der Waals surface area contributed by atoms with Crippen molar-refractivity contribution in [1.29, 1.82) is 0 Å². The summed E-state index contributed by atoms with van der Waals surface area (Å²) in [5.41, 5.74) is 1.38. The first-order valence-corrected chi connectivity index (χ1v) is 11.0. The summed E-state index contributed by atoms with van der Waals surface area (Å²) < 4.78 is 25.3. The molecule has 0 aromatic heterocycles. The number of ether oxygens (including phenoxy) is 2. The van der Waals surface area contributed by atoms with E-state index in [9.17, 15) is 14.0 Å². The molecule has 1 aliphatic rings. The summed E-state index contributed by atoms with van der Waals surface area (Å²) >= 11 is 4.41. The zero-order chi connectivity index (χ0) is 21.7. The molecule has 2 amide bonds. The molecule has 1 aliphatic heterocycles. The van der Waals surface area contributed by atoms with E-state index in [2.05, 4.69) is 15.9 Å². The third kappa shape index (κ3) is 5.23. The average Bonchev–Trinajstić information content (AvgIpc) is 2.98. The number of rotatable bonds is 8. The Hall–Kier alpha value is -2.32. The van der Waals surface area contributed by atoms with E-state index in [1.807, 2.05) is 6.92 Å². The molecule has 1 saturated heterocycles. The molecule has 0 aliphatic carbocycles. The van der Waals surface area contributed by atoms with Gasteiger partial charge >= 0.3 is 0 Å². The molecule has 0 saturated carbocycles. The zero-order valence-electron chi connectivity index (χ0n) is 16.6. The predicted octanol–water partition coefficient (Wildman–Crippen LogP) is 6.01. The van der Waals surface area contributed by atoms with Gasteiger partial charge in [-0.15, -0.1) is 0 Å². The highest BCUT2D eigenvalue weighted by atomic mass is 79.9. The normalized spacial score (nSPS) is 15.2. The van der Waals surface area contributed by atoms with Crippen LogP contribution in [0.3, 0.4) is 0 Å². The van der Waals surface area contributed by atoms with Crippen molar-refractivity contribution in [3.63, 3.8) is 0 Å². The topological polar surface area (TPSA) is 55.8 Å². The van der Waals surface area contributed by atoms with Gasteiger partial charge in [-0.2, -0.15) is 0 Å². The molecule has 0 unspecified atom stereocenters. The molecular formula is C22H21BrFNO4S. The Morgan fingerprint density at radius 2 is 2.03 bits per heavy atom. The molecular weight excluding hydrogens is 473 g/mol. The fourth-order valence-corrected chi connectivity index (χ4v) is 4.35. The van der Waals surface area contributed by atoms with Crippen molar-refractivity contribution in [2.45, 2.75) is 26.4 Å². The quantitative estimate of drug-likeness (QED) is 0.421. The monoisotopic (exact) mass is 493 g/mol. The van der Waals surface area contributed by atoms with Crippen LogP contribution < -0.4 is 9.47 Å². The molecule has 0 N–H and O–H groups in total. The van der Waals surface area contributed by atoms with Crippen molar-refractivity contribution >= 4 is 44.9 Å². The smallest absolute Gasteiger partial charge is 0.293 e. The van der Waals surface area contributed by atoms with Gasteiger partial charge in [-0.25, -0.2) is 4.39 Å². The molecule has 2 aromatic rings. The highest BCUT2D eigenvalue weighted by Gasteiger charge is 2.34. The third-order valence-corrected chi connectivity index (χ3v) is 5.93. The molecule has 2 aromatic carbocycles. The van der Waals surface area contributed by atoms with Gasteiger partial charge in [0, 0.05) is 6.54 Å². The number of carbonyl (C=O) groups excluding carboxylic acids is 2. The molecule has 158 valence electrons. The van der Waals surface area contributed by atoms with Gasteiger partial charge in [0.05, 0.1) is 16.5 Å². The van der Waals surface area contributed by atoms with Gasteiger partial charge in [-0.05, 0) is 75.6 Å². The summed E-state index contributed by atoms with van der Waals surface area (Å²) in [5.74, 6) is 0.317. The summed E-state index contributed by atoms with van der Waals surface area (Å²) in [7, 11) is 1.51. The van der Waals surface area contributed by atoms with Crippen LogP contribution in [0.25, 0.3) is 6.08 Å². The van der Waals surface area contributed by atoms with E-state index in [0.717, 1.165) is 24.6 Å². The number of amides is 2. The molecule has 1 fully saturated rings. The first-order valence-electron chi connectivity index (χ1n) is 9.43. The predicted molar refractivity (Wildman–Crippen MR) is 119 cm³/mol. The highest BCUT2D eigenvalue weighted by molar-refractivity contribution is 9.10. The maximum atomic E-state index is 13.4. The van der Waals surface area contributed by atoms with Crippen molar-refractivity contribution in [2.75, 3.05) is 13.7 Å². The fraction of sp³-hybridized carbons (Fsp3) is 0.273. The van der Waals surface area contributed by atoms with Crippen molar-refractivity contribution in [2.24, 2.45) is 0 Å². The molecule has 0 spiro atoms. The largest absolute Gasteiger partial charge is 0.493 e. The number of imide groups is 1. The first-order chi connectivity index (χ1) is 14.4. The van der Waals surface area contributed by atoms with Gasteiger partial charge in [0.1, 0.15) is 12.4 Å². The van der Waals surface area contributed by atoms with Crippen molar-refractivity contribution in [3.8, 4) is 11.5 Å². The van der Waals surface area contributed by atoms with E-state index in [1.165, 1.54) is 24.1 Å². The number of thioether (sulfide) groups is 1. The number of halogens is 2. The van der Waals surface area contributed by atoms with Gasteiger partial charge in [0.15, 0.2) is 11.5 Å². The highest BCUT2D eigenvalue weighted by Crippen LogP contribution is 2.39. The number of hydrogen-bond donors (Lipinski definition) is 0. The lowest BCUT2D eigenvalue weighted by Crippen LogP contribution is -2.29. The van der Waals surface area contributed by atoms with Gasteiger partial charge in [0.25, 0.3) is 11.1 Å². The van der Waals surface area contributed by atoms with Gasteiger partial charge in [0.2, 0.25) is 0 Å². The summed E-state index contributed by atoms with van der Waals surface area (Å²) in [4.78, 5) is 26.3. The Labute approximate surface area is 187 Å². The fourth-order valence-electron chi connectivity index (χ4n) is 2.91. The number of carbonyl (C=O) groups is 2. The lowest BCUT2D eigenvalue weighted by atomic mass is 10.1. The minimum absolute atomic E-state index is 0.169. The van der Waals surface area contributed by atoms with E-state index in [4.69, 9.17) is 9.47 Å². The van der Waals surface area contributed by atoms with Crippen LogP contribution >= 0.6 is 27.7 Å². The number of hydrogen-bond acceptors (Lipinski definition) is 5. The summed E-state index contributed by atoms with van der Waals surface area (Å²) in [5, 5.41) is -0.249. The van der Waals surface area contributed by atoms with Crippen LogP contribution in [0.2, 0.25) is 0 Å². The Bertz CT molecular complexity index is 995. The maximum absolute atomic E-state index is 13.4. The first kappa shape index (κ1) is 22.4. The number of unbranched alkanes of at least 4 members (excludes halogenated alkanes) is 1. The maximum Gasteiger partial charge on any atom is 0.293 e. The van der Waals surface area contributed by atoms with Gasteiger partial charge in [-0.3, -0.25) is 14.5 Å². The Morgan fingerprint density at radius 1 is 1.23 bits per heavy atom. The summed E-state index contributed by atoms with van der Waals surface area (Å²) in [6.07, 6.45) is 3.35. The van der Waals surface area contributed by atoms with E-state index in [1.54, 1.807) is 30.3 Å². The molecule has 3 rings (SSSR count). The Kier molecular flexibility index (Phi) is 7.55. The molecule has 30 heavy (non-hydrogen) atoms. The summed E-state index contributed by atoms with van der Waals surface area (Å²) in [6, 6.07) is 9.68. The van der Waals surface area contributed by atoms with Crippen molar-refractivity contribution in [1.82, 2.24) is 4.90 Å². The van der Waals surface area contributed by atoms with Crippen LogP contribution in [-0.2, 0) is 11.4 Å². The second-order valence-corrected chi connectivity index (χ2v) is 8.49. The van der Waals surface area contributed by atoms with E-state index >= 15 is 0 Å². The second-order valence-electron chi connectivity index (χ2n) is 6.64. The zero-order valence-corrected chi connectivity index (χ0v) is 19.0. The molecule has 0 radical (unpaired) electrons. The number of methoxy groups -OCH3 is 1. The second kappa shape index (κ2) is 10.1. The van der Waals surface area contributed by atoms with E-state index in [-0.39, 0.29) is 23.6 Å².